The lowest BCUT2D eigenvalue weighted by atomic mass is 10.1. The Labute approximate surface area is 87.2 Å². The Morgan fingerprint density at radius 3 is 2.33 bits per heavy atom. The van der Waals surface area contributed by atoms with E-state index in [-0.39, 0.29) is 30.2 Å². The molecule has 5 nitrogen and oxygen atoms in total. The molecule has 1 rings (SSSR count). The summed E-state index contributed by atoms with van der Waals surface area (Å²) in [7, 11) is 1.48. The first-order chi connectivity index (χ1) is 7.07. The van der Waals surface area contributed by atoms with E-state index in [2.05, 4.69) is 0 Å². The minimum atomic E-state index is -0.528. The first kappa shape index (κ1) is 11.3. The summed E-state index contributed by atoms with van der Waals surface area (Å²) in [5.74, 6) is -1.07. The maximum absolute atomic E-state index is 11.7. The van der Waals surface area contributed by atoms with E-state index in [9.17, 15) is 15.0 Å². The number of hydrogen-bond acceptors (Lipinski definition) is 4. The van der Waals surface area contributed by atoms with Crippen molar-refractivity contribution in [1.82, 2.24) is 4.90 Å². The van der Waals surface area contributed by atoms with Crippen molar-refractivity contribution >= 4 is 5.91 Å². The van der Waals surface area contributed by atoms with E-state index in [0.717, 1.165) is 0 Å². The molecule has 1 amide bonds. The van der Waals surface area contributed by atoms with Crippen LogP contribution in [0.1, 0.15) is 10.4 Å². The van der Waals surface area contributed by atoms with Crippen molar-refractivity contribution in [2.24, 2.45) is 0 Å². The van der Waals surface area contributed by atoms with Crippen molar-refractivity contribution in [3.63, 3.8) is 0 Å². The maximum Gasteiger partial charge on any atom is 0.261 e. The summed E-state index contributed by atoms with van der Waals surface area (Å²) in [5.41, 5.74) is -0.145. The minimum Gasteiger partial charge on any atom is -0.507 e. The van der Waals surface area contributed by atoms with Crippen LogP contribution in [0.15, 0.2) is 18.2 Å². The average Bonchev–Trinajstić information content (AvgIpc) is 2.17. The van der Waals surface area contributed by atoms with Crippen LogP contribution in [-0.2, 0) is 0 Å². The third-order valence-electron chi connectivity index (χ3n) is 2.02. The van der Waals surface area contributed by atoms with Crippen LogP contribution in [0.2, 0.25) is 0 Å². The lowest BCUT2D eigenvalue weighted by molar-refractivity contribution is 0.0761. The van der Waals surface area contributed by atoms with E-state index in [1.165, 1.54) is 30.1 Å². The van der Waals surface area contributed by atoms with Crippen LogP contribution >= 0.6 is 0 Å². The SMILES string of the molecule is CN(CCO)C(=O)c1c(O)cccc1O. The molecule has 0 saturated heterocycles. The van der Waals surface area contributed by atoms with Gasteiger partial charge < -0.3 is 20.2 Å². The first-order valence-corrected chi connectivity index (χ1v) is 4.45. The Hall–Kier alpha value is -1.75. The molecule has 0 bridgehead atoms. The molecule has 0 aliphatic carbocycles. The van der Waals surface area contributed by atoms with Crippen molar-refractivity contribution in [2.75, 3.05) is 20.2 Å². The van der Waals surface area contributed by atoms with Gasteiger partial charge in [-0.15, -0.1) is 0 Å². The lowest BCUT2D eigenvalue weighted by Crippen LogP contribution is -2.29. The molecule has 0 aliphatic rings. The molecule has 3 N–H and O–H groups in total. The fourth-order valence-corrected chi connectivity index (χ4v) is 1.19. The number of carbonyl (C=O) groups excluding carboxylic acids is 1. The number of carbonyl (C=O) groups is 1. The van der Waals surface area contributed by atoms with Crippen LogP contribution in [0.4, 0.5) is 0 Å². The highest BCUT2D eigenvalue weighted by atomic mass is 16.3. The lowest BCUT2D eigenvalue weighted by Gasteiger charge is -2.16. The number of aliphatic hydroxyl groups excluding tert-OH is 1. The summed E-state index contributed by atoms with van der Waals surface area (Å²) < 4.78 is 0. The molecular weight excluding hydrogens is 198 g/mol. The fraction of sp³-hybridized carbons (Fsp3) is 0.300. The summed E-state index contributed by atoms with van der Waals surface area (Å²) in [6.45, 7) is -0.0246. The van der Waals surface area contributed by atoms with Crippen LogP contribution in [0, 0.1) is 0 Å². The number of amides is 1. The van der Waals surface area contributed by atoms with E-state index in [0.29, 0.717) is 0 Å². The largest absolute Gasteiger partial charge is 0.507 e. The van der Waals surface area contributed by atoms with E-state index >= 15 is 0 Å². The number of aliphatic hydroxyl groups is 1. The Kier molecular flexibility index (Phi) is 3.51. The zero-order chi connectivity index (χ0) is 11.4. The molecule has 0 fully saturated rings. The van der Waals surface area contributed by atoms with Crippen LogP contribution < -0.4 is 0 Å². The van der Waals surface area contributed by atoms with Gasteiger partial charge in [0.1, 0.15) is 17.1 Å². The number of benzene rings is 1. The summed E-state index contributed by atoms with van der Waals surface area (Å²) in [5, 5.41) is 27.5. The molecule has 5 heteroatoms. The fourth-order valence-electron chi connectivity index (χ4n) is 1.19. The minimum absolute atomic E-state index is 0.145. The molecule has 0 radical (unpaired) electrons. The van der Waals surface area contributed by atoms with Crippen molar-refractivity contribution in [3.05, 3.63) is 23.8 Å². The predicted molar refractivity (Wildman–Crippen MR) is 53.8 cm³/mol. The van der Waals surface area contributed by atoms with Crippen LogP contribution in [0.25, 0.3) is 0 Å². The summed E-state index contributed by atoms with van der Waals surface area (Å²) >= 11 is 0. The average molecular weight is 211 g/mol. The quantitative estimate of drug-likeness (QED) is 0.665. The molecule has 82 valence electrons. The van der Waals surface area contributed by atoms with Gasteiger partial charge in [0.15, 0.2) is 0 Å². The number of aromatic hydroxyl groups is 2. The normalized spacial score (nSPS) is 10.0. The van der Waals surface area contributed by atoms with Gasteiger partial charge in [0.25, 0.3) is 5.91 Å². The zero-order valence-electron chi connectivity index (χ0n) is 8.34. The smallest absolute Gasteiger partial charge is 0.261 e. The highest BCUT2D eigenvalue weighted by Crippen LogP contribution is 2.27. The molecule has 0 aliphatic heterocycles. The first-order valence-electron chi connectivity index (χ1n) is 4.45. The van der Waals surface area contributed by atoms with Gasteiger partial charge >= 0.3 is 0 Å². The monoisotopic (exact) mass is 211 g/mol. The number of nitrogens with zero attached hydrogens (tertiary/aromatic N) is 1. The molecule has 0 heterocycles. The van der Waals surface area contributed by atoms with Crippen molar-refractivity contribution < 1.29 is 20.1 Å². The number of hydrogen-bond donors (Lipinski definition) is 3. The van der Waals surface area contributed by atoms with Crippen molar-refractivity contribution in [2.45, 2.75) is 0 Å². The van der Waals surface area contributed by atoms with Crippen LogP contribution in [0.5, 0.6) is 11.5 Å². The van der Waals surface area contributed by atoms with Gasteiger partial charge in [-0.25, -0.2) is 0 Å². The number of phenolic OH excluding ortho intramolecular Hbond substituents is 2. The van der Waals surface area contributed by atoms with Gasteiger partial charge in [0, 0.05) is 13.6 Å². The van der Waals surface area contributed by atoms with E-state index in [1.54, 1.807) is 0 Å². The molecule has 0 aromatic heterocycles. The Bertz CT molecular complexity index is 344. The number of phenols is 2. The van der Waals surface area contributed by atoms with E-state index in [1.807, 2.05) is 0 Å². The standard InChI is InChI=1S/C10H13NO4/c1-11(5-6-12)10(15)9-7(13)3-2-4-8(9)14/h2-4,12-14H,5-6H2,1H3. The third kappa shape index (κ3) is 2.38. The summed E-state index contributed by atoms with van der Waals surface area (Å²) in [6, 6.07) is 4.08. The second-order valence-electron chi connectivity index (χ2n) is 3.12. The number of rotatable bonds is 3. The highest BCUT2D eigenvalue weighted by molar-refractivity contribution is 5.99. The van der Waals surface area contributed by atoms with E-state index in [4.69, 9.17) is 5.11 Å². The Morgan fingerprint density at radius 2 is 1.87 bits per heavy atom. The Morgan fingerprint density at radius 1 is 1.33 bits per heavy atom. The van der Waals surface area contributed by atoms with Gasteiger partial charge in [-0.1, -0.05) is 6.07 Å². The second-order valence-corrected chi connectivity index (χ2v) is 3.12. The van der Waals surface area contributed by atoms with Gasteiger partial charge in [-0.2, -0.15) is 0 Å². The topological polar surface area (TPSA) is 81.0 Å². The van der Waals surface area contributed by atoms with Crippen LogP contribution in [0.3, 0.4) is 0 Å². The molecule has 0 saturated carbocycles. The molecule has 1 aromatic carbocycles. The van der Waals surface area contributed by atoms with Crippen LogP contribution in [-0.4, -0.2) is 46.3 Å². The van der Waals surface area contributed by atoms with Gasteiger partial charge in [-0.05, 0) is 12.1 Å². The molecular formula is C10H13NO4. The second kappa shape index (κ2) is 4.65. The Balaban J connectivity index is 3.00. The summed E-state index contributed by atoms with van der Waals surface area (Å²) in [6.07, 6.45) is 0. The van der Waals surface area contributed by atoms with Gasteiger partial charge in [0.05, 0.1) is 6.61 Å². The molecule has 0 unspecified atom stereocenters. The van der Waals surface area contributed by atoms with Crippen molar-refractivity contribution in [3.8, 4) is 11.5 Å². The molecule has 15 heavy (non-hydrogen) atoms. The predicted octanol–water partition coefficient (Wildman–Crippen LogP) is 0.162. The highest BCUT2D eigenvalue weighted by Gasteiger charge is 2.19. The maximum atomic E-state index is 11.7. The van der Waals surface area contributed by atoms with Gasteiger partial charge in [0.2, 0.25) is 0 Å². The summed E-state index contributed by atoms with van der Waals surface area (Å²) in [4.78, 5) is 12.9. The van der Waals surface area contributed by atoms with E-state index < -0.39 is 5.91 Å². The molecule has 1 aromatic rings. The molecule has 0 spiro atoms. The van der Waals surface area contributed by atoms with Gasteiger partial charge in [-0.3, -0.25) is 4.79 Å². The number of likely N-dealkylation sites (N-methyl/N-ethyl adjacent to an activating group) is 1. The third-order valence-corrected chi connectivity index (χ3v) is 2.02. The van der Waals surface area contributed by atoms with Crippen molar-refractivity contribution in [1.29, 1.82) is 0 Å². The molecule has 0 atom stereocenters. The zero-order valence-corrected chi connectivity index (χ0v) is 8.34.